The van der Waals surface area contributed by atoms with Crippen molar-refractivity contribution in [2.75, 3.05) is 0 Å². The SMILES string of the molecule is CC1(C)CCCCCC(S(N)(=O)=O)CCCC1. The number of primary sulfonamides is 1. The van der Waals surface area contributed by atoms with Crippen LogP contribution in [-0.2, 0) is 10.0 Å². The molecular weight excluding hydrogens is 234 g/mol. The molecule has 1 aliphatic carbocycles. The number of nitrogens with two attached hydrogens (primary N) is 1. The van der Waals surface area contributed by atoms with Gasteiger partial charge in [-0.05, 0) is 31.1 Å². The van der Waals surface area contributed by atoms with E-state index in [9.17, 15) is 8.42 Å². The summed E-state index contributed by atoms with van der Waals surface area (Å²) in [5, 5.41) is 4.98. The molecule has 0 bridgehead atoms. The van der Waals surface area contributed by atoms with Gasteiger partial charge in [-0.15, -0.1) is 0 Å². The molecule has 2 N–H and O–H groups in total. The number of rotatable bonds is 1. The minimum atomic E-state index is -3.33. The van der Waals surface area contributed by atoms with Crippen molar-refractivity contribution in [1.82, 2.24) is 0 Å². The molecule has 0 aliphatic heterocycles. The van der Waals surface area contributed by atoms with Gasteiger partial charge < -0.3 is 0 Å². The summed E-state index contributed by atoms with van der Waals surface area (Å²) in [4.78, 5) is 0. The summed E-state index contributed by atoms with van der Waals surface area (Å²) in [6.07, 6.45) is 9.41. The van der Waals surface area contributed by atoms with E-state index in [-0.39, 0.29) is 5.25 Å². The van der Waals surface area contributed by atoms with Gasteiger partial charge >= 0.3 is 0 Å². The van der Waals surface area contributed by atoms with Gasteiger partial charge in [0.1, 0.15) is 0 Å². The molecule has 0 radical (unpaired) electrons. The van der Waals surface area contributed by atoms with Gasteiger partial charge in [0.15, 0.2) is 0 Å². The lowest BCUT2D eigenvalue weighted by molar-refractivity contribution is 0.286. The van der Waals surface area contributed by atoms with E-state index in [1.165, 1.54) is 19.3 Å². The summed E-state index contributed by atoms with van der Waals surface area (Å²) in [7, 11) is -3.33. The number of sulfonamides is 1. The van der Waals surface area contributed by atoms with E-state index in [1.807, 2.05) is 0 Å². The molecular formula is C13H27NO2S. The highest BCUT2D eigenvalue weighted by atomic mass is 32.2. The van der Waals surface area contributed by atoms with Crippen LogP contribution in [0.2, 0.25) is 0 Å². The van der Waals surface area contributed by atoms with Gasteiger partial charge in [-0.25, -0.2) is 13.6 Å². The van der Waals surface area contributed by atoms with Crippen LogP contribution < -0.4 is 5.14 Å². The topological polar surface area (TPSA) is 60.2 Å². The largest absolute Gasteiger partial charge is 0.228 e. The van der Waals surface area contributed by atoms with Crippen molar-refractivity contribution in [3.8, 4) is 0 Å². The molecule has 0 aromatic carbocycles. The molecule has 0 aromatic rings. The smallest absolute Gasteiger partial charge is 0.211 e. The van der Waals surface area contributed by atoms with E-state index in [0.29, 0.717) is 5.41 Å². The van der Waals surface area contributed by atoms with Crippen LogP contribution in [0.3, 0.4) is 0 Å². The van der Waals surface area contributed by atoms with Crippen molar-refractivity contribution in [3.05, 3.63) is 0 Å². The van der Waals surface area contributed by atoms with Gasteiger partial charge in [0.25, 0.3) is 0 Å². The first-order valence-corrected chi connectivity index (χ1v) is 8.44. The molecule has 102 valence electrons. The van der Waals surface area contributed by atoms with Gasteiger partial charge in [-0.3, -0.25) is 0 Å². The third-order valence-corrected chi connectivity index (χ3v) is 5.37. The van der Waals surface area contributed by atoms with Gasteiger partial charge in [-0.2, -0.15) is 0 Å². The van der Waals surface area contributed by atoms with Crippen molar-refractivity contribution < 1.29 is 8.42 Å². The van der Waals surface area contributed by atoms with Crippen molar-refractivity contribution in [2.24, 2.45) is 10.6 Å². The highest BCUT2D eigenvalue weighted by Crippen LogP contribution is 2.32. The number of hydrogen-bond donors (Lipinski definition) is 1. The summed E-state index contributed by atoms with van der Waals surface area (Å²) >= 11 is 0. The Morgan fingerprint density at radius 2 is 1.41 bits per heavy atom. The standard InChI is InChI=1S/C13H27NO2S/c1-13(2)10-6-3-4-8-12(17(14,15)16)9-5-7-11-13/h12H,3-11H2,1-2H3,(H2,14,15,16). The average Bonchev–Trinajstić information content (AvgIpc) is 2.21. The Hall–Kier alpha value is -0.0900. The molecule has 0 saturated heterocycles. The van der Waals surface area contributed by atoms with Crippen molar-refractivity contribution in [1.29, 1.82) is 0 Å². The Morgan fingerprint density at radius 3 is 1.94 bits per heavy atom. The van der Waals surface area contributed by atoms with Gasteiger partial charge in [0, 0.05) is 0 Å². The molecule has 3 nitrogen and oxygen atoms in total. The van der Waals surface area contributed by atoms with Crippen LogP contribution in [0.15, 0.2) is 0 Å². The van der Waals surface area contributed by atoms with Crippen molar-refractivity contribution >= 4 is 10.0 Å². The maximum absolute atomic E-state index is 11.4. The van der Waals surface area contributed by atoms with Crippen molar-refractivity contribution in [3.63, 3.8) is 0 Å². The molecule has 0 amide bonds. The normalized spacial score (nSPS) is 28.3. The number of hydrogen-bond acceptors (Lipinski definition) is 2. The van der Waals surface area contributed by atoms with Crippen LogP contribution in [0.5, 0.6) is 0 Å². The van der Waals surface area contributed by atoms with E-state index >= 15 is 0 Å². The summed E-state index contributed by atoms with van der Waals surface area (Å²) in [5.41, 5.74) is 0.418. The fourth-order valence-corrected chi connectivity index (χ4v) is 3.72. The van der Waals surface area contributed by atoms with E-state index in [0.717, 1.165) is 38.5 Å². The van der Waals surface area contributed by atoms with Crippen LogP contribution in [0.4, 0.5) is 0 Å². The molecule has 1 saturated carbocycles. The Balaban J connectivity index is 2.56. The molecule has 4 heteroatoms. The summed E-state index contributed by atoms with van der Waals surface area (Å²) < 4.78 is 22.9. The first-order chi connectivity index (χ1) is 7.81. The molecule has 0 spiro atoms. The van der Waals surface area contributed by atoms with E-state index in [2.05, 4.69) is 13.8 Å². The lowest BCUT2D eigenvalue weighted by Crippen LogP contribution is -2.28. The third kappa shape index (κ3) is 5.87. The third-order valence-electron chi connectivity index (χ3n) is 3.97. The molecule has 0 aromatic heterocycles. The maximum Gasteiger partial charge on any atom is 0.211 e. The van der Waals surface area contributed by atoms with Gasteiger partial charge in [0.05, 0.1) is 5.25 Å². The minimum absolute atomic E-state index is 0.302. The molecule has 17 heavy (non-hydrogen) atoms. The zero-order chi connectivity index (χ0) is 12.9. The lowest BCUT2D eigenvalue weighted by Gasteiger charge is -2.24. The molecule has 1 atom stereocenters. The second-order valence-corrected chi connectivity index (χ2v) is 8.07. The summed E-state index contributed by atoms with van der Waals surface area (Å²) in [5.74, 6) is 0. The average molecular weight is 261 g/mol. The zero-order valence-corrected chi connectivity index (χ0v) is 12.1. The summed E-state index contributed by atoms with van der Waals surface area (Å²) in [6, 6.07) is 0. The quantitative estimate of drug-likeness (QED) is 0.788. The fourth-order valence-electron chi connectivity index (χ4n) is 2.73. The highest BCUT2D eigenvalue weighted by Gasteiger charge is 2.23. The second kappa shape index (κ2) is 6.19. The molecule has 1 rings (SSSR count). The van der Waals surface area contributed by atoms with Crippen molar-refractivity contribution in [2.45, 2.75) is 76.9 Å². The fraction of sp³-hybridized carbons (Fsp3) is 1.00. The first-order valence-electron chi connectivity index (χ1n) is 6.83. The molecule has 1 fully saturated rings. The maximum atomic E-state index is 11.4. The van der Waals surface area contributed by atoms with E-state index in [1.54, 1.807) is 0 Å². The predicted molar refractivity (Wildman–Crippen MR) is 72.2 cm³/mol. The molecule has 0 heterocycles. The van der Waals surface area contributed by atoms with Crippen LogP contribution in [0.1, 0.15) is 71.6 Å². The van der Waals surface area contributed by atoms with E-state index < -0.39 is 10.0 Å². The Bertz CT molecular complexity index is 322. The Labute approximate surface area is 106 Å². The first kappa shape index (κ1) is 15.0. The van der Waals surface area contributed by atoms with Gasteiger partial charge in [-0.1, -0.05) is 46.0 Å². The van der Waals surface area contributed by atoms with Crippen LogP contribution in [0.25, 0.3) is 0 Å². The summed E-state index contributed by atoms with van der Waals surface area (Å²) in [6.45, 7) is 4.64. The van der Waals surface area contributed by atoms with Gasteiger partial charge in [0.2, 0.25) is 10.0 Å². The zero-order valence-electron chi connectivity index (χ0n) is 11.2. The highest BCUT2D eigenvalue weighted by molar-refractivity contribution is 7.89. The van der Waals surface area contributed by atoms with Crippen LogP contribution in [-0.4, -0.2) is 13.7 Å². The minimum Gasteiger partial charge on any atom is -0.228 e. The Kier molecular flexibility index (Phi) is 5.45. The van der Waals surface area contributed by atoms with Crippen LogP contribution >= 0.6 is 0 Å². The lowest BCUT2D eigenvalue weighted by atomic mass is 9.82. The predicted octanol–water partition coefficient (Wildman–Crippen LogP) is 3.19. The molecule has 1 aliphatic rings. The Morgan fingerprint density at radius 1 is 0.941 bits per heavy atom. The second-order valence-electron chi connectivity index (χ2n) is 6.22. The van der Waals surface area contributed by atoms with E-state index in [4.69, 9.17) is 5.14 Å². The monoisotopic (exact) mass is 261 g/mol. The molecule has 1 unspecified atom stereocenters. The van der Waals surface area contributed by atoms with Crippen LogP contribution in [0, 0.1) is 5.41 Å².